The Labute approximate surface area is 195 Å². The second-order valence-electron chi connectivity index (χ2n) is 6.90. The normalized spacial score (nSPS) is 15.2. The van der Waals surface area contributed by atoms with Crippen molar-refractivity contribution in [2.75, 3.05) is 13.7 Å². The van der Waals surface area contributed by atoms with Gasteiger partial charge in [0, 0.05) is 23.9 Å². The number of carbonyl (C=O) groups excluding carboxylic acids is 1. The van der Waals surface area contributed by atoms with Gasteiger partial charge in [-0.2, -0.15) is 5.10 Å². The van der Waals surface area contributed by atoms with E-state index < -0.39 is 0 Å². The number of halogens is 1. The van der Waals surface area contributed by atoms with Crippen LogP contribution in [-0.4, -0.2) is 38.6 Å². The van der Waals surface area contributed by atoms with Crippen molar-refractivity contribution in [3.63, 3.8) is 0 Å². The number of hydrogen-bond donors (Lipinski definition) is 0. The molecule has 1 aromatic heterocycles. The predicted molar refractivity (Wildman–Crippen MR) is 131 cm³/mol. The first-order chi connectivity index (χ1) is 15.0. The first-order valence-corrected chi connectivity index (χ1v) is 11.4. The van der Waals surface area contributed by atoms with Crippen LogP contribution in [0.2, 0.25) is 5.02 Å². The van der Waals surface area contributed by atoms with E-state index in [1.54, 1.807) is 16.7 Å². The van der Waals surface area contributed by atoms with Gasteiger partial charge in [-0.3, -0.25) is 9.69 Å². The molecule has 0 unspecified atom stereocenters. The Morgan fingerprint density at radius 3 is 2.68 bits per heavy atom. The van der Waals surface area contributed by atoms with Gasteiger partial charge in [0.2, 0.25) is 0 Å². The second-order valence-corrected chi connectivity index (χ2v) is 8.98. The number of methoxy groups -OCH3 is 1. The molecule has 1 aliphatic heterocycles. The number of aromatic nitrogens is 2. The molecule has 1 fully saturated rings. The number of rotatable bonds is 6. The number of para-hydroxylation sites is 1. The average Bonchev–Trinajstić information content (AvgIpc) is 3.31. The molecule has 0 atom stereocenters. The average molecular weight is 470 g/mol. The van der Waals surface area contributed by atoms with Crippen LogP contribution in [0.15, 0.2) is 59.6 Å². The van der Waals surface area contributed by atoms with Crippen molar-refractivity contribution >= 4 is 51.9 Å². The molecular weight excluding hydrogens is 450 g/mol. The molecule has 1 saturated heterocycles. The molecule has 3 aromatic rings. The highest BCUT2D eigenvalue weighted by atomic mass is 35.5. The maximum Gasteiger partial charge on any atom is 0.266 e. The monoisotopic (exact) mass is 469 g/mol. The summed E-state index contributed by atoms with van der Waals surface area (Å²) >= 11 is 13.1. The van der Waals surface area contributed by atoms with Gasteiger partial charge in [0.25, 0.3) is 5.91 Å². The largest absolute Gasteiger partial charge is 0.495 e. The van der Waals surface area contributed by atoms with Gasteiger partial charge in [-0.25, -0.2) is 4.68 Å². The predicted octanol–water partition coefficient (Wildman–Crippen LogP) is 5.81. The van der Waals surface area contributed by atoms with E-state index in [0.29, 0.717) is 32.2 Å². The summed E-state index contributed by atoms with van der Waals surface area (Å²) in [7, 11) is 1.58. The Morgan fingerprint density at radius 1 is 1.23 bits per heavy atom. The Balaban J connectivity index is 1.81. The smallest absolute Gasteiger partial charge is 0.266 e. The van der Waals surface area contributed by atoms with Crippen molar-refractivity contribution in [2.45, 2.75) is 13.3 Å². The van der Waals surface area contributed by atoms with Crippen molar-refractivity contribution in [3.05, 3.63) is 70.2 Å². The van der Waals surface area contributed by atoms with Crippen LogP contribution in [0, 0.1) is 0 Å². The van der Waals surface area contributed by atoms with Gasteiger partial charge < -0.3 is 4.74 Å². The summed E-state index contributed by atoms with van der Waals surface area (Å²) in [5.41, 5.74) is 3.27. The summed E-state index contributed by atoms with van der Waals surface area (Å²) in [5.74, 6) is 0.526. The van der Waals surface area contributed by atoms with Crippen LogP contribution in [0.1, 0.15) is 18.9 Å². The number of ether oxygens (including phenoxy) is 1. The van der Waals surface area contributed by atoms with Crippen LogP contribution in [0.5, 0.6) is 5.75 Å². The minimum Gasteiger partial charge on any atom is -0.495 e. The third-order valence-corrected chi connectivity index (χ3v) is 6.47. The highest BCUT2D eigenvalue weighted by Gasteiger charge is 2.31. The van der Waals surface area contributed by atoms with Gasteiger partial charge in [-0.1, -0.05) is 60.7 Å². The number of nitrogens with zero attached hydrogens (tertiary/aromatic N) is 3. The molecule has 0 bridgehead atoms. The number of thiocarbonyl (C=S) groups is 1. The summed E-state index contributed by atoms with van der Waals surface area (Å²) in [4.78, 5) is 15.1. The zero-order valence-corrected chi connectivity index (χ0v) is 19.4. The molecule has 158 valence electrons. The fourth-order valence-electron chi connectivity index (χ4n) is 3.30. The molecule has 4 rings (SSSR count). The van der Waals surface area contributed by atoms with E-state index >= 15 is 0 Å². The molecule has 2 aromatic carbocycles. The standard InChI is InChI=1S/C23H20ClN3O2S2/c1-3-11-26-22(28)20(31-23(26)30)13-16-14-27(17-7-5-4-6-8-17)25-21(16)15-9-10-19(29-2)18(24)12-15/h4-10,12-14H,3,11H2,1-2H3/b20-13+. The summed E-state index contributed by atoms with van der Waals surface area (Å²) in [5, 5.41) is 5.29. The molecule has 31 heavy (non-hydrogen) atoms. The molecular formula is C23H20ClN3O2S2. The van der Waals surface area contributed by atoms with Crippen LogP contribution in [0.3, 0.4) is 0 Å². The first kappa shape index (κ1) is 21.6. The Morgan fingerprint density at radius 2 is 2.00 bits per heavy atom. The molecule has 0 N–H and O–H groups in total. The molecule has 2 heterocycles. The minimum absolute atomic E-state index is 0.0666. The maximum atomic E-state index is 12.9. The Hall–Kier alpha value is -2.61. The van der Waals surface area contributed by atoms with Crippen molar-refractivity contribution in [2.24, 2.45) is 0 Å². The van der Waals surface area contributed by atoms with Crippen molar-refractivity contribution in [1.82, 2.24) is 14.7 Å². The van der Waals surface area contributed by atoms with E-state index in [1.807, 2.05) is 67.7 Å². The van der Waals surface area contributed by atoms with Crippen LogP contribution in [0.4, 0.5) is 0 Å². The number of benzene rings is 2. The first-order valence-electron chi connectivity index (χ1n) is 9.76. The van der Waals surface area contributed by atoms with E-state index in [4.69, 9.17) is 33.7 Å². The summed E-state index contributed by atoms with van der Waals surface area (Å²) in [6, 6.07) is 15.3. The van der Waals surface area contributed by atoms with Gasteiger partial charge >= 0.3 is 0 Å². The van der Waals surface area contributed by atoms with Crippen LogP contribution >= 0.6 is 35.6 Å². The molecule has 0 radical (unpaired) electrons. The molecule has 0 saturated carbocycles. The zero-order valence-electron chi connectivity index (χ0n) is 17.0. The highest BCUT2D eigenvalue weighted by molar-refractivity contribution is 8.26. The molecule has 1 amide bonds. The molecule has 5 nitrogen and oxygen atoms in total. The van der Waals surface area contributed by atoms with Crippen LogP contribution in [0.25, 0.3) is 23.0 Å². The Bertz CT molecular complexity index is 1170. The summed E-state index contributed by atoms with van der Waals surface area (Å²) < 4.78 is 7.65. The molecule has 1 aliphatic rings. The van der Waals surface area contributed by atoms with Gasteiger partial charge in [0.15, 0.2) is 0 Å². The van der Waals surface area contributed by atoms with Gasteiger partial charge in [0.1, 0.15) is 15.8 Å². The van der Waals surface area contributed by atoms with Crippen molar-refractivity contribution in [1.29, 1.82) is 0 Å². The van der Waals surface area contributed by atoms with E-state index in [-0.39, 0.29) is 5.91 Å². The zero-order chi connectivity index (χ0) is 22.0. The fraction of sp³-hybridized carbons (Fsp3) is 0.174. The lowest BCUT2D eigenvalue weighted by Crippen LogP contribution is -2.28. The quantitative estimate of drug-likeness (QED) is 0.336. The SMILES string of the molecule is CCCN1C(=O)/C(=C\c2cn(-c3ccccc3)nc2-c2ccc(OC)c(Cl)c2)SC1=S. The topological polar surface area (TPSA) is 47.4 Å². The lowest BCUT2D eigenvalue weighted by atomic mass is 10.1. The second kappa shape index (κ2) is 9.26. The molecule has 0 spiro atoms. The van der Waals surface area contributed by atoms with E-state index in [0.717, 1.165) is 23.2 Å². The van der Waals surface area contributed by atoms with Crippen molar-refractivity contribution in [3.8, 4) is 22.7 Å². The van der Waals surface area contributed by atoms with Crippen LogP contribution in [-0.2, 0) is 4.79 Å². The van der Waals surface area contributed by atoms with Gasteiger partial charge in [-0.05, 0) is 42.8 Å². The summed E-state index contributed by atoms with van der Waals surface area (Å²) in [6.45, 7) is 2.64. The maximum absolute atomic E-state index is 12.9. The van der Waals surface area contributed by atoms with E-state index in [1.165, 1.54) is 11.8 Å². The molecule has 8 heteroatoms. The van der Waals surface area contributed by atoms with Gasteiger partial charge in [-0.15, -0.1) is 0 Å². The van der Waals surface area contributed by atoms with Gasteiger partial charge in [0.05, 0.1) is 22.7 Å². The number of hydrogen-bond acceptors (Lipinski definition) is 5. The number of thioether (sulfide) groups is 1. The fourth-order valence-corrected chi connectivity index (χ4v) is 4.86. The van der Waals surface area contributed by atoms with E-state index in [2.05, 4.69) is 0 Å². The lowest BCUT2D eigenvalue weighted by molar-refractivity contribution is -0.122. The third kappa shape index (κ3) is 4.39. The molecule has 0 aliphatic carbocycles. The highest BCUT2D eigenvalue weighted by Crippen LogP contribution is 2.36. The summed E-state index contributed by atoms with van der Waals surface area (Å²) in [6.07, 6.45) is 4.62. The van der Waals surface area contributed by atoms with Crippen molar-refractivity contribution < 1.29 is 9.53 Å². The lowest BCUT2D eigenvalue weighted by Gasteiger charge is -2.11. The van der Waals surface area contributed by atoms with Crippen LogP contribution < -0.4 is 4.74 Å². The number of carbonyl (C=O) groups is 1. The Kier molecular flexibility index (Phi) is 6.46. The van der Waals surface area contributed by atoms with E-state index in [9.17, 15) is 4.79 Å². The number of amides is 1. The third-order valence-electron chi connectivity index (χ3n) is 4.80. The minimum atomic E-state index is -0.0666.